The van der Waals surface area contributed by atoms with E-state index < -0.39 is 5.60 Å². The average molecular weight is 287 g/mol. The van der Waals surface area contributed by atoms with Crippen molar-refractivity contribution in [1.29, 1.82) is 0 Å². The van der Waals surface area contributed by atoms with Gasteiger partial charge in [0.05, 0.1) is 18.1 Å². The minimum absolute atomic E-state index is 0.00474. The Morgan fingerprint density at radius 1 is 1.45 bits per heavy atom. The number of methoxy groups -OCH3 is 1. The summed E-state index contributed by atoms with van der Waals surface area (Å²) in [5.74, 6) is -0.0738. The molecular formula is C15H29NO4. The maximum Gasteiger partial charge on any atom is 0.308 e. The normalized spacial score (nSPS) is 26.0. The second kappa shape index (κ2) is 8.60. The van der Waals surface area contributed by atoms with Crippen molar-refractivity contribution in [2.75, 3.05) is 26.9 Å². The molecule has 0 aliphatic heterocycles. The topological polar surface area (TPSA) is 67.8 Å². The molecule has 1 rings (SSSR count). The summed E-state index contributed by atoms with van der Waals surface area (Å²) in [5, 5.41) is 13.6. The summed E-state index contributed by atoms with van der Waals surface area (Å²) < 4.78 is 10.1. The van der Waals surface area contributed by atoms with Crippen LogP contribution in [-0.4, -0.2) is 49.6 Å². The molecule has 5 nitrogen and oxygen atoms in total. The number of ether oxygens (including phenoxy) is 2. The number of carbonyl (C=O) groups is 1. The highest BCUT2D eigenvalue weighted by atomic mass is 16.5. The summed E-state index contributed by atoms with van der Waals surface area (Å²) in [7, 11) is 1.63. The molecule has 0 aromatic carbocycles. The van der Waals surface area contributed by atoms with Crippen LogP contribution in [0.15, 0.2) is 0 Å². The van der Waals surface area contributed by atoms with E-state index in [0.29, 0.717) is 26.2 Å². The van der Waals surface area contributed by atoms with E-state index in [1.165, 1.54) is 0 Å². The zero-order chi connectivity index (χ0) is 15.0. The molecule has 1 aliphatic rings. The number of hydrogen-bond donors (Lipinski definition) is 2. The van der Waals surface area contributed by atoms with Crippen molar-refractivity contribution in [1.82, 2.24) is 5.32 Å². The lowest BCUT2D eigenvalue weighted by molar-refractivity contribution is -0.149. The lowest BCUT2D eigenvalue weighted by atomic mass is 9.85. The highest BCUT2D eigenvalue weighted by molar-refractivity contribution is 5.72. The van der Waals surface area contributed by atoms with Gasteiger partial charge < -0.3 is 19.9 Å². The van der Waals surface area contributed by atoms with Crippen LogP contribution >= 0.6 is 0 Å². The van der Waals surface area contributed by atoms with Crippen LogP contribution in [0.4, 0.5) is 0 Å². The summed E-state index contributed by atoms with van der Waals surface area (Å²) >= 11 is 0. The van der Waals surface area contributed by atoms with E-state index in [9.17, 15) is 9.90 Å². The van der Waals surface area contributed by atoms with Gasteiger partial charge in [-0.05, 0) is 33.1 Å². The quantitative estimate of drug-likeness (QED) is 0.662. The Bertz CT molecular complexity index is 294. The third kappa shape index (κ3) is 6.20. The van der Waals surface area contributed by atoms with Crippen LogP contribution in [0.1, 0.15) is 46.0 Å². The molecule has 20 heavy (non-hydrogen) atoms. The molecule has 5 heteroatoms. The minimum Gasteiger partial charge on any atom is -0.466 e. The van der Waals surface area contributed by atoms with Crippen molar-refractivity contribution >= 4 is 5.97 Å². The van der Waals surface area contributed by atoms with Gasteiger partial charge in [-0.1, -0.05) is 6.42 Å². The van der Waals surface area contributed by atoms with Crippen LogP contribution in [-0.2, 0) is 14.3 Å². The molecule has 0 bridgehead atoms. The zero-order valence-corrected chi connectivity index (χ0v) is 13.0. The summed E-state index contributed by atoms with van der Waals surface area (Å²) in [6, 6.07) is 0.284. The lowest BCUT2D eigenvalue weighted by Gasteiger charge is -2.31. The fourth-order valence-electron chi connectivity index (χ4n) is 2.62. The van der Waals surface area contributed by atoms with Gasteiger partial charge in [0.25, 0.3) is 0 Å². The van der Waals surface area contributed by atoms with E-state index in [1.807, 2.05) is 13.8 Å². The van der Waals surface area contributed by atoms with Crippen molar-refractivity contribution in [3.63, 3.8) is 0 Å². The Kier molecular flexibility index (Phi) is 7.48. The van der Waals surface area contributed by atoms with Crippen molar-refractivity contribution < 1.29 is 19.4 Å². The largest absolute Gasteiger partial charge is 0.466 e. The second-order valence-corrected chi connectivity index (χ2v) is 5.93. The summed E-state index contributed by atoms with van der Waals surface area (Å²) in [4.78, 5) is 11.8. The van der Waals surface area contributed by atoms with E-state index in [4.69, 9.17) is 9.47 Å². The molecular weight excluding hydrogens is 258 g/mol. The molecule has 1 aliphatic carbocycles. The maximum atomic E-state index is 11.8. The third-order valence-corrected chi connectivity index (χ3v) is 3.91. The molecule has 2 N–H and O–H groups in total. The van der Waals surface area contributed by atoms with E-state index in [2.05, 4.69) is 5.32 Å². The molecule has 0 spiro atoms. The van der Waals surface area contributed by atoms with Crippen LogP contribution in [0.5, 0.6) is 0 Å². The standard InChI is InChI=1S/C15H29NO4/c1-4-20-14(17)12-6-5-7-13(10-12)16-11-15(2,18)8-9-19-3/h12-13,16,18H,4-11H2,1-3H3. The van der Waals surface area contributed by atoms with Gasteiger partial charge in [0.1, 0.15) is 0 Å². The van der Waals surface area contributed by atoms with Gasteiger partial charge in [0, 0.05) is 32.7 Å². The smallest absolute Gasteiger partial charge is 0.308 e. The highest BCUT2D eigenvalue weighted by Gasteiger charge is 2.29. The van der Waals surface area contributed by atoms with Crippen molar-refractivity contribution in [3.8, 4) is 0 Å². The van der Waals surface area contributed by atoms with Crippen molar-refractivity contribution in [2.24, 2.45) is 5.92 Å². The number of hydrogen-bond acceptors (Lipinski definition) is 5. The highest BCUT2D eigenvalue weighted by Crippen LogP contribution is 2.25. The number of esters is 1. The molecule has 3 unspecified atom stereocenters. The number of rotatable bonds is 8. The molecule has 1 saturated carbocycles. The Hall–Kier alpha value is -0.650. The summed E-state index contributed by atoms with van der Waals surface area (Å²) in [6.07, 6.45) is 4.40. The van der Waals surface area contributed by atoms with E-state index >= 15 is 0 Å². The molecule has 0 radical (unpaired) electrons. The van der Waals surface area contributed by atoms with Crippen molar-refractivity contribution in [3.05, 3.63) is 0 Å². The van der Waals surface area contributed by atoms with E-state index in [-0.39, 0.29) is 17.9 Å². The average Bonchev–Trinajstić information content (AvgIpc) is 2.44. The van der Waals surface area contributed by atoms with E-state index in [0.717, 1.165) is 25.7 Å². The Morgan fingerprint density at radius 3 is 2.85 bits per heavy atom. The van der Waals surface area contributed by atoms with Crippen LogP contribution < -0.4 is 5.32 Å². The Morgan fingerprint density at radius 2 is 2.20 bits per heavy atom. The second-order valence-electron chi connectivity index (χ2n) is 5.93. The van der Waals surface area contributed by atoms with Gasteiger partial charge in [0.2, 0.25) is 0 Å². The first-order chi connectivity index (χ1) is 9.48. The van der Waals surface area contributed by atoms with Crippen LogP contribution in [0, 0.1) is 5.92 Å². The first kappa shape index (κ1) is 17.4. The Balaban J connectivity index is 2.34. The first-order valence-electron chi connectivity index (χ1n) is 7.60. The minimum atomic E-state index is -0.771. The predicted octanol–water partition coefficient (Wildman–Crippen LogP) is 1.49. The summed E-state index contributed by atoms with van der Waals surface area (Å²) in [5.41, 5.74) is -0.771. The van der Waals surface area contributed by atoms with Gasteiger partial charge in [0.15, 0.2) is 0 Å². The first-order valence-corrected chi connectivity index (χ1v) is 7.60. The molecule has 0 heterocycles. The molecule has 3 atom stereocenters. The Labute approximate surface area is 122 Å². The van der Waals surface area contributed by atoms with Crippen LogP contribution in [0.25, 0.3) is 0 Å². The maximum absolute atomic E-state index is 11.8. The van der Waals surface area contributed by atoms with Gasteiger partial charge >= 0.3 is 5.97 Å². The fourth-order valence-corrected chi connectivity index (χ4v) is 2.62. The molecule has 118 valence electrons. The molecule has 0 saturated heterocycles. The number of carbonyl (C=O) groups excluding carboxylic acids is 1. The van der Waals surface area contributed by atoms with E-state index in [1.54, 1.807) is 7.11 Å². The number of aliphatic hydroxyl groups is 1. The van der Waals surface area contributed by atoms with Crippen LogP contribution in [0.3, 0.4) is 0 Å². The van der Waals surface area contributed by atoms with Gasteiger partial charge in [-0.2, -0.15) is 0 Å². The SMILES string of the molecule is CCOC(=O)C1CCCC(NCC(C)(O)CCOC)C1. The zero-order valence-electron chi connectivity index (χ0n) is 13.0. The fraction of sp³-hybridized carbons (Fsp3) is 0.933. The third-order valence-electron chi connectivity index (χ3n) is 3.91. The molecule has 0 amide bonds. The van der Waals surface area contributed by atoms with Crippen molar-refractivity contribution in [2.45, 2.75) is 57.6 Å². The molecule has 1 fully saturated rings. The van der Waals surface area contributed by atoms with Gasteiger partial charge in [-0.25, -0.2) is 0 Å². The number of nitrogens with one attached hydrogen (secondary N) is 1. The monoisotopic (exact) mass is 287 g/mol. The molecule has 0 aromatic rings. The van der Waals surface area contributed by atoms with Gasteiger partial charge in [-0.15, -0.1) is 0 Å². The lowest BCUT2D eigenvalue weighted by Crippen LogP contribution is -2.45. The predicted molar refractivity (Wildman–Crippen MR) is 77.5 cm³/mol. The van der Waals surface area contributed by atoms with Crippen LogP contribution in [0.2, 0.25) is 0 Å². The summed E-state index contributed by atoms with van der Waals surface area (Å²) in [6.45, 7) is 5.16. The van der Waals surface area contributed by atoms with Gasteiger partial charge in [-0.3, -0.25) is 4.79 Å². The molecule has 0 aromatic heterocycles.